The van der Waals surface area contributed by atoms with Crippen molar-refractivity contribution in [3.63, 3.8) is 0 Å². The van der Waals surface area contributed by atoms with Gasteiger partial charge in [-0.2, -0.15) is 13.8 Å². The molecule has 1 heterocycles. The van der Waals surface area contributed by atoms with Crippen LogP contribution in [0.3, 0.4) is 0 Å². The predicted octanol–water partition coefficient (Wildman–Crippen LogP) is 2.53. The number of ether oxygens (including phenoxy) is 1. The van der Waals surface area contributed by atoms with Crippen LogP contribution in [-0.4, -0.2) is 22.7 Å². The van der Waals surface area contributed by atoms with Crippen LogP contribution >= 0.6 is 0 Å². The zero-order valence-electron chi connectivity index (χ0n) is 8.84. The lowest BCUT2D eigenvalue weighted by molar-refractivity contribution is -0.131. The molecule has 0 bridgehead atoms. The van der Waals surface area contributed by atoms with Gasteiger partial charge in [-0.1, -0.05) is 6.07 Å². The molecule has 0 aliphatic heterocycles. The molecule has 7 heteroatoms. The number of carboxylic acid groups (broad SMARTS) is 1. The summed E-state index contributed by atoms with van der Waals surface area (Å²) in [6.45, 7) is -3.01. The number of carboxylic acids is 1. The minimum atomic E-state index is -3.01. The van der Waals surface area contributed by atoms with Gasteiger partial charge in [-0.05, 0) is 23.8 Å². The van der Waals surface area contributed by atoms with E-state index < -0.39 is 18.7 Å². The molecular formula is C11H7F2NO4. The number of fused-ring (bicyclic) bond motifs is 1. The van der Waals surface area contributed by atoms with Gasteiger partial charge in [0.25, 0.3) is 0 Å². The van der Waals surface area contributed by atoms with Gasteiger partial charge in [-0.3, -0.25) is 0 Å². The average Bonchev–Trinajstić information content (AvgIpc) is 2.66. The van der Waals surface area contributed by atoms with Crippen molar-refractivity contribution in [2.75, 3.05) is 0 Å². The molecule has 0 fully saturated rings. The van der Waals surface area contributed by atoms with Crippen molar-refractivity contribution in [1.29, 1.82) is 0 Å². The number of aliphatic carboxylic acids is 1. The Morgan fingerprint density at radius 3 is 2.94 bits per heavy atom. The van der Waals surface area contributed by atoms with Crippen LogP contribution in [0.2, 0.25) is 0 Å². The van der Waals surface area contributed by atoms with Crippen molar-refractivity contribution in [2.24, 2.45) is 0 Å². The van der Waals surface area contributed by atoms with Gasteiger partial charge < -0.3 is 14.3 Å². The Kier molecular flexibility index (Phi) is 3.22. The first-order valence-corrected chi connectivity index (χ1v) is 4.81. The molecule has 94 valence electrons. The molecule has 0 spiro atoms. The molecule has 0 radical (unpaired) electrons. The summed E-state index contributed by atoms with van der Waals surface area (Å²) in [4.78, 5) is 14.0. The molecule has 1 aromatic carbocycles. The lowest BCUT2D eigenvalue weighted by Crippen LogP contribution is -2.01. The third-order valence-corrected chi connectivity index (χ3v) is 2.00. The number of carbonyl (C=O) groups is 1. The SMILES string of the molecule is O=C(O)/C=C/c1ccc2oc(OC(F)F)nc2c1. The van der Waals surface area contributed by atoms with E-state index in [0.717, 1.165) is 6.08 Å². The van der Waals surface area contributed by atoms with E-state index >= 15 is 0 Å². The van der Waals surface area contributed by atoms with Crippen LogP contribution in [0.1, 0.15) is 5.56 Å². The quantitative estimate of drug-likeness (QED) is 0.850. The highest BCUT2D eigenvalue weighted by Gasteiger charge is 2.11. The number of alkyl halides is 2. The predicted molar refractivity (Wildman–Crippen MR) is 57.3 cm³/mol. The average molecular weight is 255 g/mol. The molecule has 0 saturated heterocycles. The van der Waals surface area contributed by atoms with Crippen molar-refractivity contribution >= 4 is 23.1 Å². The summed E-state index contributed by atoms with van der Waals surface area (Å²) in [5.74, 6) is -1.09. The molecular weight excluding hydrogens is 248 g/mol. The fourth-order valence-electron chi connectivity index (χ4n) is 1.32. The van der Waals surface area contributed by atoms with Gasteiger partial charge in [0, 0.05) is 6.08 Å². The monoisotopic (exact) mass is 255 g/mol. The van der Waals surface area contributed by atoms with Gasteiger partial charge in [0.2, 0.25) is 0 Å². The van der Waals surface area contributed by atoms with E-state index in [1.54, 1.807) is 6.07 Å². The molecule has 5 nitrogen and oxygen atoms in total. The molecule has 18 heavy (non-hydrogen) atoms. The number of hydrogen-bond acceptors (Lipinski definition) is 4. The molecule has 0 saturated carbocycles. The molecule has 0 atom stereocenters. The second-order valence-electron chi connectivity index (χ2n) is 3.26. The van der Waals surface area contributed by atoms with Gasteiger partial charge >= 0.3 is 18.7 Å². The van der Waals surface area contributed by atoms with Gasteiger partial charge in [0.1, 0.15) is 5.52 Å². The maximum absolute atomic E-state index is 11.9. The maximum Gasteiger partial charge on any atom is 0.399 e. The van der Waals surface area contributed by atoms with E-state index in [0.29, 0.717) is 11.1 Å². The van der Waals surface area contributed by atoms with Crippen molar-refractivity contribution in [2.45, 2.75) is 6.61 Å². The Morgan fingerprint density at radius 2 is 2.28 bits per heavy atom. The summed E-state index contributed by atoms with van der Waals surface area (Å²) in [5, 5.41) is 8.47. The fraction of sp³-hybridized carbons (Fsp3) is 0.0909. The highest BCUT2D eigenvalue weighted by molar-refractivity contribution is 5.86. The Bertz CT molecular complexity index is 606. The van der Waals surface area contributed by atoms with E-state index in [1.165, 1.54) is 18.2 Å². The number of oxazole rings is 1. The molecule has 2 aromatic rings. The zero-order valence-corrected chi connectivity index (χ0v) is 8.84. The topological polar surface area (TPSA) is 72.6 Å². The summed E-state index contributed by atoms with van der Waals surface area (Å²) in [5.41, 5.74) is 1.14. The summed E-state index contributed by atoms with van der Waals surface area (Å²) in [7, 11) is 0. The van der Waals surface area contributed by atoms with Gasteiger partial charge in [-0.25, -0.2) is 4.79 Å². The first-order chi connectivity index (χ1) is 8.54. The van der Waals surface area contributed by atoms with E-state index in [1.807, 2.05) is 0 Å². The molecule has 0 aliphatic rings. The van der Waals surface area contributed by atoms with E-state index in [-0.39, 0.29) is 5.58 Å². The number of benzene rings is 1. The third kappa shape index (κ3) is 2.82. The summed E-state index contributed by atoms with van der Waals surface area (Å²) >= 11 is 0. The first kappa shape index (κ1) is 12.0. The molecule has 0 unspecified atom stereocenters. The second kappa shape index (κ2) is 4.82. The van der Waals surface area contributed by atoms with Crippen LogP contribution in [0.25, 0.3) is 17.2 Å². The van der Waals surface area contributed by atoms with E-state index in [9.17, 15) is 13.6 Å². The van der Waals surface area contributed by atoms with Crippen LogP contribution in [0.5, 0.6) is 6.08 Å². The number of aromatic nitrogens is 1. The van der Waals surface area contributed by atoms with Gasteiger partial charge in [-0.15, -0.1) is 0 Å². The Labute approximate surface area is 99.3 Å². The normalized spacial score (nSPS) is 11.5. The number of nitrogens with zero attached hydrogens (tertiary/aromatic N) is 1. The number of halogens is 2. The largest absolute Gasteiger partial charge is 0.478 e. The minimum Gasteiger partial charge on any atom is -0.478 e. The summed E-state index contributed by atoms with van der Waals surface area (Å²) in [6, 6.07) is 4.55. The van der Waals surface area contributed by atoms with Crippen LogP contribution in [-0.2, 0) is 4.79 Å². The lowest BCUT2D eigenvalue weighted by atomic mass is 10.2. The van der Waals surface area contributed by atoms with Crippen LogP contribution in [0.15, 0.2) is 28.7 Å². The Morgan fingerprint density at radius 1 is 1.50 bits per heavy atom. The third-order valence-electron chi connectivity index (χ3n) is 2.00. The minimum absolute atomic E-state index is 0.276. The first-order valence-electron chi connectivity index (χ1n) is 4.81. The fourth-order valence-corrected chi connectivity index (χ4v) is 1.32. The molecule has 0 amide bonds. The van der Waals surface area contributed by atoms with Crippen molar-refractivity contribution < 1.29 is 27.8 Å². The van der Waals surface area contributed by atoms with E-state index in [4.69, 9.17) is 9.52 Å². The smallest absolute Gasteiger partial charge is 0.399 e. The van der Waals surface area contributed by atoms with Gasteiger partial charge in [0.05, 0.1) is 0 Å². The highest BCUT2D eigenvalue weighted by atomic mass is 19.3. The summed E-state index contributed by atoms with van der Waals surface area (Å²) in [6.07, 6.45) is 1.78. The Hall–Kier alpha value is -2.44. The standard InChI is InChI=1S/C11H7F2NO4/c12-10(13)18-11-14-7-5-6(2-4-9(15)16)1-3-8(7)17-11/h1-5,10H,(H,15,16)/b4-2+. The van der Waals surface area contributed by atoms with Crippen molar-refractivity contribution in [3.8, 4) is 6.08 Å². The van der Waals surface area contributed by atoms with Crippen molar-refractivity contribution in [1.82, 2.24) is 4.98 Å². The van der Waals surface area contributed by atoms with Crippen LogP contribution in [0.4, 0.5) is 8.78 Å². The van der Waals surface area contributed by atoms with Crippen LogP contribution < -0.4 is 4.74 Å². The molecule has 0 aliphatic carbocycles. The maximum atomic E-state index is 11.9. The zero-order chi connectivity index (χ0) is 13.1. The highest BCUT2D eigenvalue weighted by Crippen LogP contribution is 2.23. The molecule has 2 rings (SSSR count). The lowest BCUT2D eigenvalue weighted by Gasteiger charge is -1.94. The number of rotatable bonds is 4. The molecule has 1 N–H and O–H groups in total. The molecule has 1 aromatic heterocycles. The van der Waals surface area contributed by atoms with E-state index in [2.05, 4.69) is 9.72 Å². The number of hydrogen-bond donors (Lipinski definition) is 1. The second-order valence-corrected chi connectivity index (χ2v) is 3.26. The van der Waals surface area contributed by atoms with Gasteiger partial charge in [0.15, 0.2) is 5.58 Å². The Balaban J connectivity index is 2.30. The van der Waals surface area contributed by atoms with Crippen LogP contribution in [0, 0.1) is 0 Å². The summed E-state index contributed by atoms with van der Waals surface area (Å²) < 4.78 is 32.8. The van der Waals surface area contributed by atoms with Crippen molar-refractivity contribution in [3.05, 3.63) is 29.8 Å².